The van der Waals surface area contributed by atoms with Crippen LogP contribution in [-0.4, -0.2) is 16.0 Å². The molecule has 0 aliphatic heterocycles. The van der Waals surface area contributed by atoms with Crippen LogP contribution in [0.5, 0.6) is 0 Å². The van der Waals surface area contributed by atoms with E-state index in [4.69, 9.17) is 5.26 Å². The molecule has 2 N–H and O–H groups in total. The molecule has 0 aliphatic rings. The summed E-state index contributed by atoms with van der Waals surface area (Å²) in [5, 5.41) is 11.6. The summed E-state index contributed by atoms with van der Waals surface area (Å²) in [7, 11) is 0. The van der Waals surface area contributed by atoms with E-state index in [1.165, 1.54) is 6.33 Å². The number of rotatable bonds is 2. The van der Waals surface area contributed by atoms with Gasteiger partial charge in [-0.25, -0.2) is 4.98 Å². The van der Waals surface area contributed by atoms with Gasteiger partial charge in [-0.15, -0.1) is 0 Å². The van der Waals surface area contributed by atoms with Gasteiger partial charge in [0.2, 0.25) is 0 Å². The molecular formula is C8H10N4O. The minimum atomic E-state index is -0.416. The van der Waals surface area contributed by atoms with Gasteiger partial charge in [-0.2, -0.15) is 5.26 Å². The number of nitrogens with one attached hydrogen (secondary N) is 2. The van der Waals surface area contributed by atoms with Crippen molar-refractivity contribution in [3.63, 3.8) is 0 Å². The summed E-state index contributed by atoms with van der Waals surface area (Å²) >= 11 is 0. The van der Waals surface area contributed by atoms with Crippen molar-refractivity contribution in [1.29, 1.82) is 5.26 Å². The van der Waals surface area contributed by atoms with Crippen LogP contribution in [0.2, 0.25) is 0 Å². The van der Waals surface area contributed by atoms with Crippen molar-refractivity contribution >= 4 is 5.82 Å². The highest BCUT2D eigenvalue weighted by molar-refractivity contribution is 5.50. The maximum Gasteiger partial charge on any atom is 0.270 e. The lowest BCUT2D eigenvalue weighted by atomic mass is 10.3. The molecule has 0 aromatic carbocycles. The van der Waals surface area contributed by atoms with Crippen molar-refractivity contribution in [3.05, 3.63) is 22.2 Å². The topological polar surface area (TPSA) is 81.6 Å². The van der Waals surface area contributed by atoms with Crippen molar-refractivity contribution in [1.82, 2.24) is 9.97 Å². The Hall–Kier alpha value is -1.83. The molecule has 0 amide bonds. The second-order valence-electron chi connectivity index (χ2n) is 2.87. The van der Waals surface area contributed by atoms with Gasteiger partial charge in [-0.1, -0.05) is 0 Å². The molecule has 0 spiro atoms. The fourth-order valence-electron chi connectivity index (χ4n) is 0.886. The van der Waals surface area contributed by atoms with E-state index in [1.54, 1.807) is 6.07 Å². The number of anilines is 1. The quantitative estimate of drug-likeness (QED) is 0.689. The molecule has 0 saturated carbocycles. The van der Waals surface area contributed by atoms with Gasteiger partial charge in [0.25, 0.3) is 5.56 Å². The van der Waals surface area contributed by atoms with Gasteiger partial charge in [-0.3, -0.25) is 4.79 Å². The molecule has 1 heterocycles. The lowest BCUT2D eigenvalue weighted by molar-refractivity contribution is 0.882. The molecule has 0 unspecified atom stereocenters. The summed E-state index contributed by atoms with van der Waals surface area (Å²) in [6.45, 7) is 3.81. The third-order valence-corrected chi connectivity index (χ3v) is 1.39. The highest BCUT2D eigenvalue weighted by Crippen LogP contribution is 2.05. The Kier molecular flexibility index (Phi) is 2.65. The average molecular weight is 178 g/mol. The smallest absolute Gasteiger partial charge is 0.270 e. The Labute approximate surface area is 75.4 Å². The van der Waals surface area contributed by atoms with Crippen LogP contribution < -0.4 is 10.9 Å². The van der Waals surface area contributed by atoms with Crippen LogP contribution in [0.1, 0.15) is 19.4 Å². The number of aromatic nitrogens is 2. The van der Waals surface area contributed by atoms with Crippen molar-refractivity contribution in [2.24, 2.45) is 0 Å². The number of hydrogen-bond acceptors (Lipinski definition) is 4. The van der Waals surface area contributed by atoms with Gasteiger partial charge in [0, 0.05) is 6.04 Å². The minimum absolute atomic E-state index is 0.0243. The molecule has 1 aromatic heterocycles. The van der Waals surface area contributed by atoms with Gasteiger partial charge in [-0.05, 0) is 13.8 Å². The molecular weight excluding hydrogens is 168 g/mol. The first kappa shape index (κ1) is 9.26. The van der Waals surface area contributed by atoms with E-state index >= 15 is 0 Å². The van der Waals surface area contributed by atoms with Crippen LogP contribution in [0.25, 0.3) is 0 Å². The molecule has 5 heteroatoms. The standard InChI is InChI=1S/C8H10N4O/c1-5(2)12-7-6(3-9)8(13)11-4-10-7/h4-5H,1-2H3,(H2,10,11,12,13). The van der Waals surface area contributed by atoms with Crippen molar-refractivity contribution < 1.29 is 0 Å². The van der Waals surface area contributed by atoms with E-state index in [-0.39, 0.29) is 11.6 Å². The summed E-state index contributed by atoms with van der Waals surface area (Å²) in [6.07, 6.45) is 1.27. The second-order valence-corrected chi connectivity index (χ2v) is 2.87. The summed E-state index contributed by atoms with van der Waals surface area (Å²) in [5.41, 5.74) is -0.392. The van der Waals surface area contributed by atoms with Gasteiger partial charge < -0.3 is 10.3 Å². The van der Waals surface area contributed by atoms with Gasteiger partial charge >= 0.3 is 0 Å². The Morgan fingerprint density at radius 3 is 2.92 bits per heavy atom. The molecule has 13 heavy (non-hydrogen) atoms. The molecule has 0 atom stereocenters. The largest absolute Gasteiger partial charge is 0.367 e. The predicted molar refractivity (Wildman–Crippen MR) is 48.3 cm³/mol. The lowest BCUT2D eigenvalue weighted by Gasteiger charge is -2.08. The highest BCUT2D eigenvalue weighted by atomic mass is 16.1. The molecule has 0 saturated heterocycles. The van der Waals surface area contributed by atoms with Gasteiger partial charge in [0.1, 0.15) is 6.07 Å². The maximum absolute atomic E-state index is 11.1. The molecule has 1 rings (SSSR count). The monoisotopic (exact) mass is 178 g/mol. The second kappa shape index (κ2) is 3.72. The number of aromatic amines is 1. The number of hydrogen-bond donors (Lipinski definition) is 2. The van der Waals surface area contributed by atoms with Crippen LogP contribution in [0.15, 0.2) is 11.1 Å². The van der Waals surface area contributed by atoms with Crippen molar-refractivity contribution in [2.75, 3.05) is 5.32 Å². The van der Waals surface area contributed by atoms with E-state index in [1.807, 2.05) is 13.8 Å². The molecule has 68 valence electrons. The average Bonchev–Trinajstić information content (AvgIpc) is 2.03. The summed E-state index contributed by atoms with van der Waals surface area (Å²) in [5.74, 6) is 0.334. The lowest BCUT2D eigenvalue weighted by Crippen LogP contribution is -2.18. The SMILES string of the molecule is CC(C)Nc1nc[nH]c(=O)c1C#N. The Morgan fingerprint density at radius 2 is 2.38 bits per heavy atom. The normalized spacial score (nSPS) is 9.69. The van der Waals surface area contributed by atoms with Crippen molar-refractivity contribution in [2.45, 2.75) is 19.9 Å². The number of nitriles is 1. The number of H-pyrrole nitrogens is 1. The molecule has 0 fully saturated rings. The fraction of sp³-hybridized carbons (Fsp3) is 0.375. The minimum Gasteiger partial charge on any atom is -0.367 e. The van der Waals surface area contributed by atoms with Crippen LogP contribution >= 0.6 is 0 Å². The summed E-state index contributed by atoms with van der Waals surface area (Å²) in [4.78, 5) is 17.3. The van der Waals surface area contributed by atoms with E-state index < -0.39 is 5.56 Å². The van der Waals surface area contributed by atoms with E-state index in [0.717, 1.165) is 0 Å². The molecule has 1 aromatic rings. The highest BCUT2D eigenvalue weighted by Gasteiger charge is 2.07. The molecule has 0 radical (unpaired) electrons. The zero-order valence-electron chi connectivity index (χ0n) is 7.46. The van der Waals surface area contributed by atoms with Crippen LogP contribution in [0, 0.1) is 11.3 Å². The van der Waals surface area contributed by atoms with Crippen LogP contribution in [-0.2, 0) is 0 Å². The predicted octanol–water partition coefficient (Wildman–Crippen LogP) is 0.462. The maximum atomic E-state index is 11.1. The third kappa shape index (κ3) is 2.06. The van der Waals surface area contributed by atoms with E-state index in [0.29, 0.717) is 5.82 Å². The van der Waals surface area contributed by atoms with Crippen molar-refractivity contribution in [3.8, 4) is 6.07 Å². The Bertz CT molecular complexity index is 388. The third-order valence-electron chi connectivity index (χ3n) is 1.39. The van der Waals surface area contributed by atoms with Crippen LogP contribution in [0.3, 0.4) is 0 Å². The molecule has 0 aliphatic carbocycles. The first-order chi connectivity index (χ1) is 6.15. The van der Waals surface area contributed by atoms with Gasteiger partial charge in [0.05, 0.1) is 6.33 Å². The Morgan fingerprint density at radius 1 is 1.69 bits per heavy atom. The number of nitrogens with zero attached hydrogens (tertiary/aromatic N) is 2. The first-order valence-electron chi connectivity index (χ1n) is 3.89. The van der Waals surface area contributed by atoms with Gasteiger partial charge in [0.15, 0.2) is 11.4 Å². The first-order valence-corrected chi connectivity index (χ1v) is 3.89. The van der Waals surface area contributed by atoms with E-state index in [2.05, 4.69) is 15.3 Å². The fourth-order valence-corrected chi connectivity index (χ4v) is 0.886. The Balaban J connectivity index is 3.15. The summed E-state index contributed by atoms with van der Waals surface area (Å²) in [6, 6.07) is 1.94. The summed E-state index contributed by atoms with van der Waals surface area (Å²) < 4.78 is 0. The van der Waals surface area contributed by atoms with Crippen LogP contribution in [0.4, 0.5) is 5.82 Å². The zero-order chi connectivity index (χ0) is 9.84. The molecule has 0 bridgehead atoms. The molecule has 5 nitrogen and oxygen atoms in total. The zero-order valence-corrected chi connectivity index (χ0v) is 7.46. The van der Waals surface area contributed by atoms with E-state index in [9.17, 15) is 4.79 Å².